The molecule has 0 spiro atoms. The number of nitrogens with zero attached hydrogens (tertiary/aromatic N) is 3. The predicted octanol–water partition coefficient (Wildman–Crippen LogP) is 1.70. The number of hydrogen-bond donors (Lipinski definition) is 0. The lowest BCUT2D eigenvalue weighted by atomic mass is 10.4. The second-order valence-corrected chi connectivity index (χ2v) is 4.67. The van der Waals surface area contributed by atoms with Gasteiger partial charge in [0, 0.05) is 11.8 Å². The lowest BCUT2D eigenvalue weighted by Crippen LogP contribution is -2.36. The van der Waals surface area contributed by atoms with Crippen molar-refractivity contribution in [3.63, 3.8) is 0 Å². The molecule has 0 N–H and O–H groups in total. The van der Waals surface area contributed by atoms with Crippen LogP contribution in [-0.4, -0.2) is 37.4 Å². The zero-order chi connectivity index (χ0) is 10.1. The smallest absolute Gasteiger partial charge is 0.264 e. The van der Waals surface area contributed by atoms with Gasteiger partial charge in [0.05, 0.1) is 21.1 Å². The van der Waals surface area contributed by atoms with E-state index in [2.05, 4.69) is 31.1 Å². The van der Waals surface area contributed by atoms with Gasteiger partial charge in [-0.2, -0.15) is 9.97 Å². The van der Waals surface area contributed by atoms with E-state index < -0.39 is 0 Å². The number of thioether (sulfide) groups is 1. The number of hydrogen-bond acceptors (Lipinski definition) is 3. The van der Waals surface area contributed by atoms with Crippen LogP contribution in [0.3, 0.4) is 0 Å². The molecule has 0 aliphatic rings. The summed E-state index contributed by atoms with van der Waals surface area (Å²) in [6.07, 6.45) is 3.92. The Balaban J connectivity index is 3.14. The lowest BCUT2D eigenvalue weighted by Gasteiger charge is -2.20. The van der Waals surface area contributed by atoms with Crippen molar-refractivity contribution in [1.29, 1.82) is 0 Å². The number of aryl methyl sites for hydroxylation is 1. The molecule has 0 radical (unpaired) electrons. The Kier molecular flexibility index (Phi) is 2.93. The van der Waals surface area contributed by atoms with Crippen molar-refractivity contribution >= 4 is 17.7 Å². The number of aromatic nitrogens is 2. The van der Waals surface area contributed by atoms with Crippen LogP contribution in [-0.2, 0) is 0 Å². The molecule has 0 unspecified atom stereocenters. The Morgan fingerprint density at radius 3 is 2.38 bits per heavy atom. The van der Waals surface area contributed by atoms with Crippen molar-refractivity contribution in [1.82, 2.24) is 14.5 Å². The highest BCUT2D eigenvalue weighted by molar-refractivity contribution is 7.98. The quantitative estimate of drug-likeness (QED) is 0.411. The molecule has 1 aromatic heterocycles. The van der Waals surface area contributed by atoms with E-state index in [9.17, 15) is 0 Å². The van der Waals surface area contributed by atoms with Crippen molar-refractivity contribution in [2.75, 3.05) is 27.4 Å². The third-order valence-electron chi connectivity index (χ3n) is 1.71. The van der Waals surface area contributed by atoms with Gasteiger partial charge in [-0.15, -0.1) is 11.8 Å². The van der Waals surface area contributed by atoms with E-state index in [1.54, 1.807) is 11.8 Å². The Hall–Kier alpha value is -0.610. The standard InChI is InChI=1S/C9H16N3S/c1-7-6-10-9(12(2,3)4)11-8(7)13-5/h6H,1-5H3/q+1. The largest absolute Gasteiger partial charge is 0.329 e. The summed E-state index contributed by atoms with van der Waals surface area (Å²) in [7, 11) is 6.19. The summed E-state index contributed by atoms with van der Waals surface area (Å²) >= 11 is 1.66. The lowest BCUT2D eigenvalue weighted by molar-refractivity contribution is 0.454. The molecule has 0 aliphatic heterocycles. The van der Waals surface area contributed by atoms with Crippen LogP contribution in [0.2, 0.25) is 0 Å². The molecule has 0 saturated heterocycles. The molecule has 0 saturated carbocycles. The van der Waals surface area contributed by atoms with Crippen LogP contribution in [0, 0.1) is 6.92 Å². The van der Waals surface area contributed by atoms with Crippen molar-refractivity contribution in [2.45, 2.75) is 11.9 Å². The summed E-state index contributed by atoms with van der Waals surface area (Å²) in [4.78, 5) is 8.79. The molecule has 0 fully saturated rings. The summed E-state index contributed by atoms with van der Waals surface area (Å²) < 4.78 is 0.661. The van der Waals surface area contributed by atoms with Crippen molar-refractivity contribution in [3.8, 4) is 0 Å². The molecule has 0 aromatic carbocycles. The zero-order valence-corrected chi connectivity index (χ0v) is 9.64. The second-order valence-electron chi connectivity index (χ2n) is 3.87. The van der Waals surface area contributed by atoms with E-state index >= 15 is 0 Å². The maximum Gasteiger partial charge on any atom is 0.329 e. The Morgan fingerprint density at radius 2 is 1.92 bits per heavy atom. The zero-order valence-electron chi connectivity index (χ0n) is 8.83. The summed E-state index contributed by atoms with van der Waals surface area (Å²) in [5.74, 6) is 0.856. The Morgan fingerprint density at radius 1 is 1.31 bits per heavy atom. The fourth-order valence-corrected chi connectivity index (χ4v) is 1.50. The van der Waals surface area contributed by atoms with Crippen molar-refractivity contribution in [3.05, 3.63) is 11.8 Å². The predicted molar refractivity (Wildman–Crippen MR) is 58.1 cm³/mol. The number of quaternary nitrogens is 1. The van der Waals surface area contributed by atoms with Gasteiger partial charge in [0.2, 0.25) is 0 Å². The molecular weight excluding hydrogens is 182 g/mol. The van der Waals surface area contributed by atoms with Crippen LogP contribution >= 0.6 is 11.8 Å². The molecule has 0 atom stereocenters. The molecule has 1 rings (SSSR count). The average molecular weight is 198 g/mol. The van der Waals surface area contributed by atoms with Gasteiger partial charge < -0.3 is 0 Å². The highest BCUT2D eigenvalue weighted by Gasteiger charge is 2.17. The minimum Gasteiger partial charge on any atom is -0.264 e. The van der Waals surface area contributed by atoms with Gasteiger partial charge in [0.15, 0.2) is 0 Å². The van der Waals surface area contributed by atoms with Gasteiger partial charge in [-0.05, 0) is 13.2 Å². The second kappa shape index (κ2) is 3.64. The van der Waals surface area contributed by atoms with Crippen LogP contribution in [0.4, 0.5) is 5.95 Å². The van der Waals surface area contributed by atoms with Gasteiger partial charge in [-0.3, -0.25) is 4.48 Å². The molecule has 1 aromatic rings. The first kappa shape index (κ1) is 10.5. The molecule has 4 heteroatoms. The molecule has 0 amide bonds. The normalized spacial score (nSPS) is 11.8. The Labute approximate surface area is 83.8 Å². The van der Waals surface area contributed by atoms with E-state index in [1.807, 2.05) is 19.4 Å². The summed E-state index contributed by atoms with van der Waals surface area (Å²) in [6.45, 7) is 2.03. The maximum absolute atomic E-state index is 4.49. The van der Waals surface area contributed by atoms with Crippen LogP contribution in [0.5, 0.6) is 0 Å². The maximum atomic E-state index is 4.49. The first-order valence-electron chi connectivity index (χ1n) is 4.15. The molecule has 0 aliphatic carbocycles. The average Bonchev–Trinajstić information content (AvgIpc) is 2.03. The highest BCUT2D eigenvalue weighted by Crippen LogP contribution is 2.19. The minimum absolute atomic E-state index is 0.661. The van der Waals surface area contributed by atoms with Crippen molar-refractivity contribution in [2.24, 2.45) is 0 Å². The van der Waals surface area contributed by atoms with E-state index in [0.29, 0.717) is 4.48 Å². The first-order valence-corrected chi connectivity index (χ1v) is 5.37. The molecule has 13 heavy (non-hydrogen) atoms. The van der Waals surface area contributed by atoms with Gasteiger partial charge in [0.1, 0.15) is 5.03 Å². The van der Waals surface area contributed by atoms with E-state index in [0.717, 1.165) is 16.5 Å². The third-order valence-corrected chi connectivity index (χ3v) is 2.51. The first-order chi connectivity index (χ1) is 5.95. The number of rotatable bonds is 2. The fourth-order valence-electron chi connectivity index (χ4n) is 0.947. The Bertz CT molecular complexity index is 304. The topological polar surface area (TPSA) is 25.8 Å². The molecule has 0 bridgehead atoms. The molecule has 1 heterocycles. The SMILES string of the molecule is CSc1nc([N+](C)(C)C)ncc1C. The summed E-state index contributed by atoms with van der Waals surface area (Å²) in [5, 5.41) is 1.07. The minimum atomic E-state index is 0.661. The summed E-state index contributed by atoms with van der Waals surface area (Å²) in [5.41, 5.74) is 1.14. The molecular formula is C9H16N3S+. The van der Waals surface area contributed by atoms with Crippen LogP contribution in [0.15, 0.2) is 11.2 Å². The van der Waals surface area contributed by atoms with Gasteiger partial charge >= 0.3 is 5.95 Å². The van der Waals surface area contributed by atoms with E-state index in [4.69, 9.17) is 0 Å². The van der Waals surface area contributed by atoms with Crippen LogP contribution in [0.1, 0.15) is 5.56 Å². The van der Waals surface area contributed by atoms with Crippen LogP contribution in [0.25, 0.3) is 0 Å². The van der Waals surface area contributed by atoms with Gasteiger partial charge in [-0.25, -0.2) is 0 Å². The monoisotopic (exact) mass is 198 g/mol. The van der Waals surface area contributed by atoms with Gasteiger partial charge in [-0.1, -0.05) is 0 Å². The van der Waals surface area contributed by atoms with E-state index in [-0.39, 0.29) is 0 Å². The molecule has 72 valence electrons. The molecule has 3 nitrogen and oxygen atoms in total. The third kappa shape index (κ3) is 2.42. The van der Waals surface area contributed by atoms with Crippen LogP contribution < -0.4 is 4.48 Å². The summed E-state index contributed by atoms with van der Waals surface area (Å²) in [6, 6.07) is 0. The highest BCUT2D eigenvalue weighted by atomic mass is 32.2. The van der Waals surface area contributed by atoms with E-state index in [1.165, 1.54) is 0 Å². The van der Waals surface area contributed by atoms with Gasteiger partial charge in [0.25, 0.3) is 0 Å². The fraction of sp³-hybridized carbons (Fsp3) is 0.556. The van der Waals surface area contributed by atoms with Crippen molar-refractivity contribution < 1.29 is 0 Å².